The Bertz CT molecular complexity index is 2160. The van der Waals surface area contributed by atoms with E-state index in [4.69, 9.17) is 0 Å². The van der Waals surface area contributed by atoms with Crippen LogP contribution in [0, 0.1) is 0 Å². The Hall–Kier alpha value is -4.24. The summed E-state index contributed by atoms with van der Waals surface area (Å²) in [6, 6.07) is 52.8. The lowest BCUT2D eigenvalue weighted by Crippen LogP contribution is -1.95. The third-order valence-corrected chi connectivity index (χ3v) is 9.73. The lowest BCUT2D eigenvalue weighted by atomic mass is 9.82. The lowest BCUT2D eigenvalue weighted by molar-refractivity contribution is 1.60. The van der Waals surface area contributed by atoms with Gasteiger partial charge >= 0.3 is 0 Å². The van der Waals surface area contributed by atoms with E-state index in [2.05, 4.69) is 177 Å². The Kier molecular flexibility index (Phi) is 6.21. The fourth-order valence-electron chi connectivity index (χ4n) is 6.53. The van der Waals surface area contributed by atoms with E-state index in [1.807, 2.05) is 0 Å². The molecule has 8 aromatic carbocycles. The molecule has 0 aliphatic carbocycles. The van der Waals surface area contributed by atoms with Crippen LogP contribution in [0.5, 0.6) is 0 Å². The van der Waals surface area contributed by atoms with E-state index in [0.717, 1.165) is 8.95 Å². The van der Waals surface area contributed by atoms with Crippen LogP contribution in [0.3, 0.4) is 0 Å². The molecule has 0 atom stereocenters. The van der Waals surface area contributed by atoms with Crippen LogP contribution in [0.4, 0.5) is 0 Å². The van der Waals surface area contributed by atoms with Crippen molar-refractivity contribution >= 4 is 74.9 Å². The van der Waals surface area contributed by atoms with E-state index in [-0.39, 0.29) is 0 Å². The molecular formula is C40H24Br2. The molecule has 0 unspecified atom stereocenters. The van der Waals surface area contributed by atoms with Gasteiger partial charge in [-0.3, -0.25) is 0 Å². The molecule has 42 heavy (non-hydrogen) atoms. The molecule has 0 heterocycles. The summed E-state index contributed by atoms with van der Waals surface area (Å²) in [6.07, 6.45) is 0. The minimum Gasteiger partial charge on any atom is -0.0616 e. The van der Waals surface area contributed by atoms with Gasteiger partial charge in [-0.1, -0.05) is 165 Å². The molecule has 0 bridgehead atoms. The quantitative estimate of drug-likeness (QED) is 0.176. The highest BCUT2D eigenvalue weighted by Crippen LogP contribution is 2.50. The van der Waals surface area contributed by atoms with Crippen LogP contribution in [0.15, 0.2) is 155 Å². The van der Waals surface area contributed by atoms with Gasteiger partial charge in [-0.2, -0.15) is 0 Å². The largest absolute Gasteiger partial charge is 0.0616 e. The lowest BCUT2D eigenvalue weighted by Gasteiger charge is -2.22. The zero-order valence-corrected chi connectivity index (χ0v) is 25.8. The van der Waals surface area contributed by atoms with Crippen LogP contribution in [-0.2, 0) is 0 Å². The molecule has 8 rings (SSSR count). The van der Waals surface area contributed by atoms with Crippen molar-refractivity contribution in [3.63, 3.8) is 0 Å². The van der Waals surface area contributed by atoms with Crippen molar-refractivity contribution < 1.29 is 0 Å². The van der Waals surface area contributed by atoms with E-state index >= 15 is 0 Å². The molecule has 0 amide bonds. The summed E-state index contributed by atoms with van der Waals surface area (Å²) in [4.78, 5) is 0. The van der Waals surface area contributed by atoms with E-state index in [0.29, 0.717) is 0 Å². The van der Waals surface area contributed by atoms with Gasteiger partial charge in [-0.15, -0.1) is 0 Å². The predicted octanol–water partition coefficient (Wildman–Crippen LogP) is 12.8. The predicted molar refractivity (Wildman–Crippen MR) is 188 cm³/mol. The van der Waals surface area contributed by atoms with Crippen molar-refractivity contribution in [3.05, 3.63) is 155 Å². The third-order valence-electron chi connectivity index (χ3n) is 8.40. The van der Waals surface area contributed by atoms with Crippen molar-refractivity contribution in [2.75, 3.05) is 0 Å². The Labute approximate surface area is 261 Å². The van der Waals surface area contributed by atoms with Gasteiger partial charge in [0.1, 0.15) is 0 Å². The first-order valence-electron chi connectivity index (χ1n) is 14.1. The molecule has 0 spiro atoms. The topological polar surface area (TPSA) is 0 Å². The van der Waals surface area contributed by atoms with Crippen LogP contribution in [0.25, 0.3) is 76.5 Å². The van der Waals surface area contributed by atoms with Crippen molar-refractivity contribution in [2.45, 2.75) is 0 Å². The highest BCUT2D eigenvalue weighted by Gasteiger charge is 2.22. The second kappa shape index (κ2) is 10.2. The SMILES string of the molecule is Brc1ccc2ccccc2c1-c1c(-c2ccc3ccccc3c2-c2c(Br)ccc3ccccc23)ccc2ccccc12. The molecule has 0 saturated carbocycles. The standard InChI is InChI=1S/C40H24Br2/c41-35-23-19-27-11-3-7-15-31(27)39(35)37-29-13-5-1-9-25(29)17-21-33(37)34-22-18-26-10-2-6-14-30(26)38(34)40-32-16-8-4-12-28(32)20-24-36(40)42/h1-24H. The molecule has 0 saturated heterocycles. The maximum Gasteiger partial charge on any atom is 0.0260 e. The smallest absolute Gasteiger partial charge is 0.0260 e. The fourth-order valence-corrected chi connectivity index (χ4v) is 7.62. The van der Waals surface area contributed by atoms with Crippen LogP contribution in [0.2, 0.25) is 0 Å². The number of halogens is 2. The van der Waals surface area contributed by atoms with E-state index in [9.17, 15) is 0 Å². The van der Waals surface area contributed by atoms with Crippen molar-refractivity contribution in [1.82, 2.24) is 0 Å². The Morgan fingerprint density at radius 3 is 0.905 bits per heavy atom. The minimum atomic E-state index is 1.09. The normalized spacial score (nSPS) is 11.6. The molecule has 198 valence electrons. The highest BCUT2D eigenvalue weighted by molar-refractivity contribution is 9.11. The number of fused-ring (bicyclic) bond motifs is 4. The Morgan fingerprint density at radius 1 is 0.262 bits per heavy atom. The van der Waals surface area contributed by atoms with Gasteiger partial charge in [-0.25, -0.2) is 0 Å². The van der Waals surface area contributed by atoms with Crippen LogP contribution >= 0.6 is 31.9 Å². The Balaban J connectivity index is 1.58. The highest BCUT2D eigenvalue weighted by atomic mass is 79.9. The van der Waals surface area contributed by atoms with Crippen molar-refractivity contribution in [1.29, 1.82) is 0 Å². The first-order valence-corrected chi connectivity index (χ1v) is 15.7. The molecule has 0 aliphatic rings. The van der Waals surface area contributed by atoms with Gasteiger partial charge < -0.3 is 0 Å². The maximum absolute atomic E-state index is 3.99. The monoisotopic (exact) mass is 662 g/mol. The third kappa shape index (κ3) is 4.01. The summed E-state index contributed by atoms with van der Waals surface area (Å²) in [5.74, 6) is 0. The zero-order valence-electron chi connectivity index (χ0n) is 22.6. The van der Waals surface area contributed by atoms with Crippen molar-refractivity contribution in [2.24, 2.45) is 0 Å². The number of hydrogen-bond donors (Lipinski definition) is 0. The van der Waals surface area contributed by atoms with Crippen LogP contribution in [0.1, 0.15) is 0 Å². The average Bonchev–Trinajstić information content (AvgIpc) is 3.04. The molecule has 0 aromatic heterocycles. The summed E-state index contributed by atoms with van der Waals surface area (Å²) in [5, 5.41) is 9.85. The summed E-state index contributed by atoms with van der Waals surface area (Å²) >= 11 is 7.97. The van der Waals surface area contributed by atoms with E-state index in [1.54, 1.807) is 0 Å². The first-order chi connectivity index (χ1) is 20.7. The minimum absolute atomic E-state index is 1.09. The van der Waals surface area contributed by atoms with Gasteiger partial charge in [0.15, 0.2) is 0 Å². The second-order valence-electron chi connectivity index (χ2n) is 10.7. The molecule has 0 radical (unpaired) electrons. The van der Waals surface area contributed by atoms with Gasteiger partial charge in [0, 0.05) is 20.1 Å². The molecule has 0 fully saturated rings. The molecular weight excluding hydrogens is 640 g/mol. The molecule has 8 aromatic rings. The van der Waals surface area contributed by atoms with Gasteiger partial charge in [0.05, 0.1) is 0 Å². The summed E-state index contributed by atoms with van der Waals surface area (Å²) in [6.45, 7) is 0. The maximum atomic E-state index is 3.99. The summed E-state index contributed by atoms with van der Waals surface area (Å²) in [7, 11) is 0. The molecule has 2 heteroatoms. The van der Waals surface area contributed by atoms with Crippen LogP contribution < -0.4 is 0 Å². The summed E-state index contributed by atoms with van der Waals surface area (Å²) < 4.78 is 2.18. The number of rotatable bonds is 3. The first kappa shape index (κ1) is 25.5. The van der Waals surface area contributed by atoms with E-state index in [1.165, 1.54) is 76.5 Å². The van der Waals surface area contributed by atoms with Gasteiger partial charge in [0.25, 0.3) is 0 Å². The van der Waals surface area contributed by atoms with Gasteiger partial charge in [0.2, 0.25) is 0 Å². The number of hydrogen-bond acceptors (Lipinski definition) is 0. The fraction of sp³-hybridized carbons (Fsp3) is 0. The average molecular weight is 664 g/mol. The molecule has 0 nitrogen and oxygen atoms in total. The van der Waals surface area contributed by atoms with Gasteiger partial charge in [-0.05, 0) is 77.5 Å². The summed E-state index contributed by atoms with van der Waals surface area (Å²) in [5.41, 5.74) is 7.35. The van der Waals surface area contributed by atoms with Crippen molar-refractivity contribution in [3.8, 4) is 33.4 Å². The molecule has 0 aliphatic heterocycles. The second-order valence-corrected chi connectivity index (χ2v) is 12.4. The number of benzene rings is 8. The Morgan fingerprint density at radius 2 is 0.548 bits per heavy atom. The van der Waals surface area contributed by atoms with Crippen LogP contribution in [-0.4, -0.2) is 0 Å². The van der Waals surface area contributed by atoms with E-state index < -0.39 is 0 Å². The zero-order chi connectivity index (χ0) is 28.2. The molecule has 0 N–H and O–H groups in total.